The molecule has 2 heterocycles. The summed E-state index contributed by atoms with van der Waals surface area (Å²) in [5, 5.41) is 3.21. The molecule has 2 aliphatic rings. The van der Waals surface area contributed by atoms with Crippen LogP contribution < -0.4 is 10.1 Å². The van der Waals surface area contributed by atoms with E-state index < -0.39 is 0 Å². The van der Waals surface area contributed by atoms with Crippen molar-refractivity contribution in [3.8, 4) is 5.75 Å². The van der Waals surface area contributed by atoms with E-state index in [1.807, 2.05) is 24.3 Å². The number of benzene rings is 2. The van der Waals surface area contributed by atoms with Crippen LogP contribution in [0.25, 0.3) is 0 Å². The zero-order valence-corrected chi connectivity index (χ0v) is 16.8. The maximum absolute atomic E-state index is 13.5. The Hall–Kier alpha value is -2.40. The normalized spacial score (nSPS) is 23.6. The predicted molar refractivity (Wildman–Crippen MR) is 111 cm³/mol. The molecule has 1 saturated heterocycles. The van der Waals surface area contributed by atoms with Crippen LogP contribution in [-0.4, -0.2) is 36.5 Å². The molecule has 0 saturated carbocycles. The van der Waals surface area contributed by atoms with E-state index >= 15 is 0 Å². The Labute approximate surface area is 172 Å². The molecule has 2 aromatic carbocycles. The number of fused-ring (bicyclic) bond motifs is 2. The number of hydrogen-bond acceptors (Lipinski definition) is 3. The number of hydrogen-bond donors (Lipinski definition) is 1. The molecular formula is C24H29FN2O2. The summed E-state index contributed by atoms with van der Waals surface area (Å²) >= 11 is 0. The second-order valence-corrected chi connectivity index (χ2v) is 8.23. The molecule has 4 rings (SSSR count). The standard InChI is InChI=1S/C24H29FN2O2/c25-21-10-5-6-18(14-21)15-27-13-12-22-20(16-27)9-2-1-7-19-8-3-4-11-23(19)29-17-24(28)26-22/h3-6,8,10-11,14,20,22H,1-2,7,9,12-13,15-17H2,(H,26,28)/t20-,22+/m0/s1. The molecule has 0 spiro atoms. The van der Waals surface area contributed by atoms with Crippen molar-refractivity contribution < 1.29 is 13.9 Å². The molecule has 1 fully saturated rings. The maximum atomic E-state index is 13.5. The molecule has 0 radical (unpaired) electrons. The fourth-order valence-electron chi connectivity index (χ4n) is 4.59. The number of likely N-dealkylation sites (tertiary alicyclic amines) is 1. The summed E-state index contributed by atoms with van der Waals surface area (Å²) in [4.78, 5) is 14.9. The fourth-order valence-corrected chi connectivity index (χ4v) is 4.59. The summed E-state index contributed by atoms with van der Waals surface area (Å²) in [5.41, 5.74) is 2.18. The number of aryl methyl sites for hydroxylation is 1. The second kappa shape index (κ2) is 9.40. The van der Waals surface area contributed by atoms with Crippen molar-refractivity contribution in [2.24, 2.45) is 5.92 Å². The van der Waals surface area contributed by atoms with E-state index in [-0.39, 0.29) is 24.4 Å². The third-order valence-corrected chi connectivity index (χ3v) is 6.06. The average Bonchev–Trinajstić information content (AvgIpc) is 2.71. The lowest BCUT2D eigenvalue weighted by molar-refractivity contribution is -0.124. The lowest BCUT2D eigenvalue weighted by Crippen LogP contribution is -2.51. The number of rotatable bonds is 2. The number of para-hydroxylation sites is 1. The molecule has 0 unspecified atom stereocenters. The van der Waals surface area contributed by atoms with Crippen LogP contribution in [0.15, 0.2) is 48.5 Å². The summed E-state index contributed by atoms with van der Waals surface area (Å²) in [6, 6.07) is 15.0. The first kappa shape index (κ1) is 19.9. The number of nitrogens with zero attached hydrogens (tertiary/aromatic N) is 1. The van der Waals surface area contributed by atoms with Gasteiger partial charge < -0.3 is 10.1 Å². The van der Waals surface area contributed by atoms with Crippen molar-refractivity contribution in [1.82, 2.24) is 10.2 Å². The Bertz CT molecular complexity index is 841. The Morgan fingerprint density at radius 3 is 2.90 bits per heavy atom. The van der Waals surface area contributed by atoms with Crippen molar-refractivity contribution in [3.05, 3.63) is 65.5 Å². The third kappa shape index (κ3) is 5.36. The molecular weight excluding hydrogens is 367 g/mol. The minimum absolute atomic E-state index is 0.0473. The van der Waals surface area contributed by atoms with Gasteiger partial charge in [0.2, 0.25) is 0 Å². The maximum Gasteiger partial charge on any atom is 0.258 e. The van der Waals surface area contributed by atoms with Gasteiger partial charge in [0.25, 0.3) is 5.91 Å². The number of amides is 1. The van der Waals surface area contributed by atoms with Crippen LogP contribution in [0.3, 0.4) is 0 Å². The zero-order chi connectivity index (χ0) is 20.1. The number of carbonyl (C=O) groups is 1. The van der Waals surface area contributed by atoms with E-state index in [0.29, 0.717) is 5.92 Å². The summed E-state index contributed by atoms with van der Waals surface area (Å²) in [7, 11) is 0. The highest BCUT2D eigenvalue weighted by Gasteiger charge is 2.30. The lowest BCUT2D eigenvalue weighted by atomic mass is 9.87. The molecule has 2 aromatic rings. The molecule has 0 bridgehead atoms. The molecule has 154 valence electrons. The summed E-state index contributed by atoms with van der Waals surface area (Å²) in [6.45, 7) is 2.65. The number of carbonyl (C=O) groups excluding carboxylic acids is 1. The van der Waals surface area contributed by atoms with Gasteiger partial charge in [-0.3, -0.25) is 9.69 Å². The van der Waals surface area contributed by atoms with Crippen molar-refractivity contribution in [2.75, 3.05) is 19.7 Å². The van der Waals surface area contributed by atoms with Crippen LogP contribution in [0.1, 0.15) is 36.8 Å². The van der Waals surface area contributed by atoms with E-state index in [4.69, 9.17) is 4.74 Å². The van der Waals surface area contributed by atoms with Crippen molar-refractivity contribution in [3.63, 3.8) is 0 Å². The van der Waals surface area contributed by atoms with Gasteiger partial charge in [-0.15, -0.1) is 0 Å². The van der Waals surface area contributed by atoms with Crippen molar-refractivity contribution in [1.29, 1.82) is 0 Å². The lowest BCUT2D eigenvalue weighted by Gasteiger charge is -2.39. The average molecular weight is 397 g/mol. The molecule has 1 amide bonds. The number of halogens is 1. The molecule has 0 aromatic heterocycles. The second-order valence-electron chi connectivity index (χ2n) is 8.23. The molecule has 2 atom stereocenters. The van der Waals surface area contributed by atoms with Gasteiger partial charge >= 0.3 is 0 Å². The van der Waals surface area contributed by atoms with Crippen LogP contribution in [0.2, 0.25) is 0 Å². The first-order valence-corrected chi connectivity index (χ1v) is 10.6. The molecule has 0 aliphatic carbocycles. The molecule has 2 aliphatic heterocycles. The quantitative estimate of drug-likeness (QED) is 0.836. The minimum Gasteiger partial charge on any atom is -0.483 e. The van der Waals surface area contributed by atoms with E-state index in [1.165, 1.54) is 11.6 Å². The van der Waals surface area contributed by atoms with E-state index in [1.54, 1.807) is 12.1 Å². The van der Waals surface area contributed by atoms with Crippen LogP contribution in [0, 0.1) is 11.7 Å². The highest BCUT2D eigenvalue weighted by Crippen LogP contribution is 2.26. The molecule has 4 nitrogen and oxygen atoms in total. The number of piperidine rings is 1. The van der Waals surface area contributed by atoms with Gasteiger partial charge in [-0.25, -0.2) is 4.39 Å². The smallest absolute Gasteiger partial charge is 0.258 e. The summed E-state index contributed by atoms with van der Waals surface area (Å²) in [5.74, 6) is 1.01. The molecule has 29 heavy (non-hydrogen) atoms. The van der Waals surface area contributed by atoms with E-state index in [9.17, 15) is 9.18 Å². The first-order chi connectivity index (χ1) is 14.2. The SMILES string of the molecule is O=C1COc2ccccc2CCCC[C@H]2CN(Cc3cccc(F)c3)CC[C@H]2N1. The zero-order valence-electron chi connectivity index (χ0n) is 16.8. The van der Waals surface area contributed by atoms with Crippen LogP contribution in [-0.2, 0) is 17.8 Å². The van der Waals surface area contributed by atoms with Crippen molar-refractivity contribution in [2.45, 2.75) is 44.7 Å². The van der Waals surface area contributed by atoms with Crippen LogP contribution >= 0.6 is 0 Å². The molecule has 1 N–H and O–H groups in total. The van der Waals surface area contributed by atoms with Crippen molar-refractivity contribution >= 4 is 5.91 Å². The Morgan fingerprint density at radius 1 is 1.10 bits per heavy atom. The molecule has 5 heteroatoms. The van der Waals surface area contributed by atoms with Crippen LogP contribution in [0.5, 0.6) is 5.75 Å². The van der Waals surface area contributed by atoms with E-state index in [0.717, 1.165) is 63.1 Å². The monoisotopic (exact) mass is 396 g/mol. The van der Waals surface area contributed by atoms with Gasteiger partial charge in [-0.1, -0.05) is 36.8 Å². The Kier molecular flexibility index (Phi) is 6.45. The first-order valence-electron chi connectivity index (χ1n) is 10.6. The third-order valence-electron chi connectivity index (χ3n) is 6.06. The largest absolute Gasteiger partial charge is 0.483 e. The number of nitrogens with one attached hydrogen (secondary N) is 1. The summed E-state index contributed by atoms with van der Waals surface area (Å²) < 4.78 is 19.3. The van der Waals surface area contributed by atoms with Gasteiger partial charge in [0.1, 0.15) is 11.6 Å². The highest BCUT2D eigenvalue weighted by atomic mass is 19.1. The fraction of sp³-hybridized carbons (Fsp3) is 0.458. The predicted octanol–water partition coefficient (Wildman–Crippen LogP) is 3.94. The van der Waals surface area contributed by atoms with Gasteiger partial charge in [-0.05, 0) is 60.9 Å². The Balaban J connectivity index is 1.41. The topological polar surface area (TPSA) is 41.6 Å². The van der Waals surface area contributed by atoms with Gasteiger partial charge in [0.05, 0.1) is 0 Å². The van der Waals surface area contributed by atoms with Gasteiger partial charge in [0.15, 0.2) is 6.61 Å². The summed E-state index contributed by atoms with van der Waals surface area (Å²) in [6.07, 6.45) is 5.22. The van der Waals surface area contributed by atoms with Crippen LogP contribution in [0.4, 0.5) is 4.39 Å². The Morgan fingerprint density at radius 2 is 2.00 bits per heavy atom. The van der Waals surface area contributed by atoms with Gasteiger partial charge in [-0.2, -0.15) is 0 Å². The minimum atomic E-state index is -0.184. The highest BCUT2D eigenvalue weighted by molar-refractivity contribution is 5.78. The van der Waals surface area contributed by atoms with E-state index in [2.05, 4.69) is 16.3 Å². The van der Waals surface area contributed by atoms with Gasteiger partial charge in [0, 0.05) is 25.7 Å². The number of ether oxygens (including phenoxy) is 1.